The van der Waals surface area contributed by atoms with Gasteiger partial charge in [0.25, 0.3) is 0 Å². The molecule has 0 fully saturated rings. The van der Waals surface area contributed by atoms with Crippen LogP contribution in [0.5, 0.6) is 5.75 Å². The molecule has 1 aromatic heterocycles. The van der Waals surface area contributed by atoms with Gasteiger partial charge in [-0.2, -0.15) is 4.37 Å². The molecule has 0 saturated carbocycles. The van der Waals surface area contributed by atoms with Crippen molar-refractivity contribution < 1.29 is 4.74 Å². The highest BCUT2D eigenvalue weighted by atomic mass is 32.1. The van der Waals surface area contributed by atoms with E-state index in [0.717, 1.165) is 15.8 Å². The maximum absolute atomic E-state index is 5.05. The van der Waals surface area contributed by atoms with E-state index in [2.05, 4.69) is 10.6 Å². The van der Waals surface area contributed by atoms with Crippen LogP contribution in [0, 0.1) is 6.20 Å². The molecule has 0 atom stereocenters. The minimum absolute atomic E-state index is 0.856. The molecule has 11 heavy (non-hydrogen) atoms. The van der Waals surface area contributed by atoms with E-state index in [1.807, 2.05) is 18.2 Å². The predicted molar refractivity (Wildman–Crippen MR) is 45.0 cm³/mol. The summed E-state index contributed by atoms with van der Waals surface area (Å²) in [5.41, 5.74) is 0. The molecule has 0 aliphatic heterocycles. The van der Waals surface area contributed by atoms with Crippen molar-refractivity contribution in [3.05, 3.63) is 24.4 Å². The summed E-state index contributed by atoms with van der Waals surface area (Å²) in [6.07, 6.45) is 2.88. The van der Waals surface area contributed by atoms with Gasteiger partial charge in [-0.3, -0.25) is 0 Å². The third-order valence-corrected chi connectivity index (χ3v) is 2.23. The monoisotopic (exact) mass is 164 g/mol. The Hall–Kier alpha value is -1.09. The Balaban J connectivity index is 2.67. The Morgan fingerprint density at radius 1 is 1.55 bits per heavy atom. The van der Waals surface area contributed by atoms with Crippen molar-refractivity contribution in [3.63, 3.8) is 0 Å². The second-order valence-electron chi connectivity index (χ2n) is 2.16. The molecule has 2 aromatic rings. The summed E-state index contributed by atoms with van der Waals surface area (Å²) < 4.78 is 10.1. The lowest BCUT2D eigenvalue weighted by Gasteiger charge is -1.96. The molecule has 0 bridgehead atoms. The van der Waals surface area contributed by atoms with Gasteiger partial charge in [-0.15, -0.1) is 0 Å². The highest BCUT2D eigenvalue weighted by molar-refractivity contribution is 7.13. The molecule has 1 heterocycles. The Labute approximate surface area is 68.6 Å². The largest absolute Gasteiger partial charge is 0.497 e. The molecule has 0 amide bonds. The first-order valence-electron chi connectivity index (χ1n) is 3.21. The second-order valence-corrected chi connectivity index (χ2v) is 2.96. The number of methoxy groups -OCH3 is 1. The molecule has 0 spiro atoms. The van der Waals surface area contributed by atoms with E-state index >= 15 is 0 Å². The van der Waals surface area contributed by atoms with E-state index in [0.29, 0.717) is 0 Å². The molecule has 55 valence electrons. The van der Waals surface area contributed by atoms with Crippen molar-refractivity contribution >= 4 is 21.6 Å². The third kappa shape index (κ3) is 1.07. The van der Waals surface area contributed by atoms with E-state index < -0.39 is 0 Å². The van der Waals surface area contributed by atoms with Crippen molar-refractivity contribution in [3.8, 4) is 5.75 Å². The van der Waals surface area contributed by atoms with Crippen LogP contribution in [-0.2, 0) is 0 Å². The smallest absolute Gasteiger partial charge is 0.119 e. The highest BCUT2D eigenvalue weighted by Gasteiger charge is 1.97. The first-order chi connectivity index (χ1) is 5.40. The molecule has 0 aliphatic carbocycles. The van der Waals surface area contributed by atoms with Crippen LogP contribution in [0.15, 0.2) is 18.2 Å². The molecule has 0 aliphatic rings. The number of rotatable bonds is 1. The normalized spacial score (nSPS) is 10.3. The molecule has 1 radical (unpaired) electrons. The number of fused-ring (bicyclic) bond motifs is 1. The zero-order chi connectivity index (χ0) is 7.68. The molecule has 3 heteroatoms. The molecule has 0 saturated heterocycles. The number of hydrogen-bond donors (Lipinski definition) is 0. The van der Waals surface area contributed by atoms with Gasteiger partial charge in [-0.25, -0.2) is 0 Å². The zero-order valence-electron chi connectivity index (χ0n) is 6.00. The zero-order valence-corrected chi connectivity index (χ0v) is 6.81. The van der Waals surface area contributed by atoms with Crippen LogP contribution in [0.4, 0.5) is 0 Å². The van der Waals surface area contributed by atoms with Gasteiger partial charge in [-0.1, -0.05) is 0 Å². The average molecular weight is 164 g/mol. The van der Waals surface area contributed by atoms with E-state index in [-0.39, 0.29) is 0 Å². The molecule has 2 rings (SSSR count). The van der Waals surface area contributed by atoms with Crippen molar-refractivity contribution in [1.29, 1.82) is 0 Å². The SMILES string of the molecule is COc1ccc2sn[c]c2c1. The van der Waals surface area contributed by atoms with Gasteiger partial charge in [0.2, 0.25) is 0 Å². The van der Waals surface area contributed by atoms with Crippen LogP contribution >= 0.6 is 11.5 Å². The van der Waals surface area contributed by atoms with Gasteiger partial charge in [-0.05, 0) is 29.7 Å². The number of ether oxygens (including phenoxy) is 1. The molecule has 0 unspecified atom stereocenters. The Kier molecular flexibility index (Phi) is 1.51. The summed E-state index contributed by atoms with van der Waals surface area (Å²) >= 11 is 1.45. The number of aromatic nitrogens is 1. The van der Waals surface area contributed by atoms with Gasteiger partial charge in [0.15, 0.2) is 0 Å². The molecular formula is C8H6NOS. The van der Waals surface area contributed by atoms with Crippen LogP contribution in [0.3, 0.4) is 0 Å². The van der Waals surface area contributed by atoms with Crippen LogP contribution in [0.1, 0.15) is 0 Å². The van der Waals surface area contributed by atoms with E-state index in [1.165, 1.54) is 11.5 Å². The first kappa shape index (κ1) is 6.61. The maximum atomic E-state index is 5.05. The lowest BCUT2D eigenvalue weighted by molar-refractivity contribution is 0.415. The minimum Gasteiger partial charge on any atom is -0.497 e. The summed E-state index contributed by atoms with van der Waals surface area (Å²) in [4.78, 5) is 0. The number of benzene rings is 1. The van der Waals surface area contributed by atoms with Crippen LogP contribution in [-0.4, -0.2) is 11.5 Å². The lowest BCUT2D eigenvalue weighted by Crippen LogP contribution is -1.79. The fourth-order valence-electron chi connectivity index (χ4n) is 0.924. The lowest BCUT2D eigenvalue weighted by atomic mass is 10.3. The Morgan fingerprint density at radius 3 is 3.27 bits per heavy atom. The quantitative estimate of drug-likeness (QED) is 0.644. The van der Waals surface area contributed by atoms with Gasteiger partial charge in [0, 0.05) is 5.39 Å². The topological polar surface area (TPSA) is 22.1 Å². The highest BCUT2D eigenvalue weighted by Crippen LogP contribution is 2.22. The van der Waals surface area contributed by atoms with Gasteiger partial charge in [0.05, 0.1) is 11.8 Å². The van der Waals surface area contributed by atoms with Gasteiger partial charge >= 0.3 is 0 Å². The van der Waals surface area contributed by atoms with Crippen molar-refractivity contribution in [2.75, 3.05) is 7.11 Å². The predicted octanol–water partition coefficient (Wildman–Crippen LogP) is 2.11. The maximum Gasteiger partial charge on any atom is 0.119 e. The molecule has 1 aromatic carbocycles. The van der Waals surface area contributed by atoms with Gasteiger partial charge in [0.1, 0.15) is 11.9 Å². The molecule has 0 N–H and O–H groups in total. The summed E-state index contributed by atoms with van der Waals surface area (Å²) in [6, 6.07) is 5.84. The Morgan fingerprint density at radius 2 is 2.45 bits per heavy atom. The van der Waals surface area contributed by atoms with Crippen molar-refractivity contribution in [1.82, 2.24) is 4.37 Å². The van der Waals surface area contributed by atoms with E-state index in [4.69, 9.17) is 4.74 Å². The number of nitrogens with zero attached hydrogens (tertiary/aromatic N) is 1. The molecular weight excluding hydrogens is 158 g/mol. The average Bonchev–Trinajstić information content (AvgIpc) is 2.50. The van der Waals surface area contributed by atoms with Crippen molar-refractivity contribution in [2.45, 2.75) is 0 Å². The summed E-state index contributed by atoms with van der Waals surface area (Å²) in [7, 11) is 1.65. The van der Waals surface area contributed by atoms with E-state index in [9.17, 15) is 0 Å². The van der Waals surface area contributed by atoms with Crippen molar-refractivity contribution in [2.24, 2.45) is 0 Å². The van der Waals surface area contributed by atoms with Crippen LogP contribution in [0.25, 0.3) is 10.1 Å². The molecule has 2 nitrogen and oxygen atoms in total. The summed E-state index contributed by atoms with van der Waals surface area (Å²) in [5, 5.41) is 1.02. The minimum atomic E-state index is 0.856. The standard InChI is InChI=1S/C8H6NOS/c1-10-7-2-3-8-6(4-7)5-9-11-8/h2-4H,1H3. The summed E-state index contributed by atoms with van der Waals surface area (Å²) in [5.74, 6) is 0.856. The Bertz CT molecular complexity index is 369. The fourth-order valence-corrected chi connectivity index (χ4v) is 1.50. The van der Waals surface area contributed by atoms with Gasteiger partial charge < -0.3 is 4.74 Å². The van der Waals surface area contributed by atoms with E-state index in [1.54, 1.807) is 7.11 Å². The summed E-state index contributed by atoms with van der Waals surface area (Å²) in [6.45, 7) is 0. The fraction of sp³-hybridized carbons (Fsp3) is 0.125. The second kappa shape index (κ2) is 2.51. The number of hydrogen-bond acceptors (Lipinski definition) is 3. The first-order valence-corrected chi connectivity index (χ1v) is 3.98. The van der Waals surface area contributed by atoms with Crippen LogP contribution in [0.2, 0.25) is 0 Å². The third-order valence-electron chi connectivity index (χ3n) is 1.50. The van der Waals surface area contributed by atoms with Crippen LogP contribution < -0.4 is 4.74 Å².